The van der Waals surface area contributed by atoms with Gasteiger partial charge in [-0.05, 0) is 78.7 Å². The third-order valence-corrected chi connectivity index (χ3v) is 6.48. The van der Waals surface area contributed by atoms with Crippen LogP contribution < -0.4 is 9.47 Å². The monoisotopic (exact) mass is 449 g/mol. The summed E-state index contributed by atoms with van der Waals surface area (Å²) in [6, 6.07) is 29.3. The van der Waals surface area contributed by atoms with E-state index in [1.807, 2.05) is 12.1 Å². The normalized spacial score (nSPS) is 14.0. The molecule has 4 aromatic rings. The van der Waals surface area contributed by atoms with Gasteiger partial charge in [0.25, 0.3) is 0 Å². The molecule has 1 aliphatic heterocycles. The van der Waals surface area contributed by atoms with Crippen molar-refractivity contribution in [1.82, 2.24) is 4.90 Å². The summed E-state index contributed by atoms with van der Waals surface area (Å²) in [6.07, 6.45) is 9.45. The second-order valence-corrected chi connectivity index (χ2v) is 8.82. The predicted octanol–water partition coefficient (Wildman–Crippen LogP) is 7.85. The maximum Gasteiger partial charge on any atom is 0.143 e. The summed E-state index contributed by atoms with van der Waals surface area (Å²) in [4.78, 5) is 2.43. The molecule has 0 spiro atoms. The number of hydrogen-bond acceptors (Lipinski definition) is 3. The highest BCUT2D eigenvalue weighted by molar-refractivity contribution is 5.95. The molecule has 172 valence electrons. The Kier molecular flexibility index (Phi) is 6.81. The minimum Gasteiger partial charge on any atom is -0.497 e. The van der Waals surface area contributed by atoms with Gasteiger partial charge in [0, 0.05) is 24.0 Å². The Bertz CT molecular complexity index is 1250. The molecule has 1 aliphatic rings. The van der Waals surface area contributed by atoms with Crippen molar-refractivity contribution < 1.29 is 9.47 Å². The van der Waals surface area contributed by atoms with E-state index in [9.17, 15) is 0 Å². The van der Waals surface area contributed by atoms with Gasteiger partial charge in [0.1, 0.15) is 17.2 Å². The molecule has 0 saturated carbocycles. The zero-order valence-corrected chi connectivity index (χ0v) is 19.7. The van der Waals surface area contributed by atoms with Gasteiger partial charge < -0.3 is 14.4 Å². The largest absolute Gasteiger partial charge is 0.497 e. The Morgan fingerprint density at radius 3 is 2.26 bits per heavy atom. The zero-order chi connectivity index (χ0) is 23.2. The maximum atomic E-state index is 6.53. The van der Waals surface area contributed by atoms with Crippen molar-refractivity contribution >= 4 is 10.8 Å². The van der Waals surface area contributed by atoms with Crippen LogP contribution in [0.1, 0.15) is 24.8 Å². The molecule has 4 aromatic carbocycles. The summed E-state index contributed by atoms with van der Waals surface area (Å²) in [6.45, 7) is 2.37. The second-order valence-electron chi connectivity index (χ2n) is 8.82. The molecule has 0 N–H and O–H groups in total. The quantitative estimate of drug-likeness (QED) is 0.287. The van der Waals surface area contributed by atoms with Gasteiger partial charge in [-0.25, -0.2) is 0 Å². The number of allylic oxidation sites excluding steroid dienone is 1. The van der Waals surface area contributed by atoms with Gasteiger partial charge in [0.2, 0.25) is 0 Å². The molecule has 0 atom stereocenters. The standard InChI is InChI=1S/C31H31NO2/c1-33-27-18-13-26(14-19-27)30-20-15-25-9-3-4-10-29(25)31(30)34-28-16-11-24(12-17-28)8-7-23-32-21-5-2-6-22-32/h3-4,7,9-20,23H,2,5-6,8,21-22H2,1H3/b23-7+. The van der Waals surface area contributed by atoms with Crippen molar-refractivity contribution in [2.45, 2.75) is 25.7 Å². The van der Waals surface area contributed by atoms with Crippen LogP contribution in [0.15, 0.2) is 97.2 Å². The molecule has 0 amide bonds. The van der Waals surface area contributed by atoms with E-state index in [2.05, 4.69) is 90.0 Å². The van der Waals surface area contributed by atoms with Gasteiger partial charge in [-0.1, -0.05) is 60.7 Å². The molecule has 1 fully saturated rings. The molecule has 5 rings (SSSR count). The van der Waals surface area contributed by atoms with Crippen molar-refractivity contribution in [3.8, 4) is 28.4 Å². The zero-order valence-electron chi connectivity index (χ0n) is 19.7. The van der Waals surface area contributed by atoms with Crippen LogP contribution in [0.4, 0.5) is 0 Å². The average molecular weight is 450 g/mol. The number of methoxy groups -OCH3 is 1. The van der Waals surface area contributed by atoms with Gasteiger partial charge in [0.15, 0.2) is 0 Å². The van der Waals surface area contributed by atoms with Gasteiger partial charge in [0.05, 0.1) is 7.11 Å². The number of rotatable bonds is 7. The lowest BCUT2D eigenvalue weighted by molar-refractivity contribution is 0.309. The van der Waals surface area contributed by atoms with E-state index >= 15 is 0 Å². The van der Waals surface area contributed by atoms with Crippen LogP contribution in [0.2, 0.25) is 0 Å². The first-order valence-corrected chi connectivity index (χ1v) is 12.1. The number of benzene rings is 4. The highest BCUT2D eigenvalue weighted by atomic mass is 16.5. The molecule has 0 aromatic heterocycles. The van der Waals surface area contributed by atoms with E-state index in [0.29, 0.717) is 0 Å². The van der Waals surface area contributed by atoms with Crippen LogP contribution in [-0.4, -0.2) is 25.1 Å². The van der Waals surface area contributed by atoms with E-state index in [-0.39, 0.29) is 0 Å². The smallest absolute Gasteiger partial charge is 0.143 e. The fourth-order valence-corrected chi connectivity index (χ4v) is 4.57. The molecule has 0 unspecified atom stereocenters. The number of ether oxygens (including phenoxy) is 2. The van der Waals surface area contributed by atoms with Crippen molar-refractivity contribution in [2.24, 2.45) is 0 Å². The molecule has 0 bridgehead atoms. The molecule has 34 heavy (non-hydrogen) atoms. The van der Waals surface area contributed by atoms with Gasteiger partial charge in [-0.3, -0.25) is 0 Å². The lowest BCUT2D eigenvalue weighted by atomic mass is 9.99. The van der Waals surface area contributed by atoms with E-state index in [1.54, 1.807) is 7.11 Å². The number of nitrogens with zero attached hydrogens (tertiary/aromatic N) is 1. The molecule has 1 heterocycles. The van der Waals surface area contributed by atoms with Crippen LogP contribution in [-0.2, 0) is 6.42 Å². The lowest BCUT2D eigenvalue weighted by Crippen LogP contribution is -2.24. The third-order valence-electron chi connectivity index (χ3n) is 6.48. The minimum atomic E-state index is 0.842. The average Bonchev–Trinajstić information content (AvgIpc) is 2.90. The van der Waals surface area contributed by atoms with Crippen molar-refractivity contribution in [3.05, 3.63) is 103 Å². The summed E-state index contributed by atoms with van der Waals surface area (Å²) in [5.41, 5.74) is 3.45. The van der Waals surface area contributed by atoms with Crippen LogP contribution in [0.25, 0.3) is 21.9 Å². The van der Waals surface area contributed by atoms with Gasteiger partial charge in [-0.2, -0.15) is 0 Å². The number of hydrogen-bond donors (Lipinski definition) is 0. The maximum absolute atomic E-state index is 6.53. The molecule has 3 heteroatoms. The van der Waals surface area contributed by atoms with Crippen molar-refractivity contribution in [3.63, 3.8) is 0 Å². The second kappa shape index (κ2) is 10.5. The SMILES string of the molecule is COc1ccc(-c2ccc3ccccc3c2Oc2ccc(C/C=C/N3CCCCC3)cc2)cc1. The molecular formula is C31H31NO2. The van der Waals surface area contributed by atoms with E-state index in [1.165, 1.54) is 37.9 Å². The van der Waals surface area contributed by atoms with Crippen molar-refractivity contribution in [1.29, 1.82) is 0 Å². The summed E-state index contributed by atoms with van der Waals surface area (Å²) in [5, 5.41) is 2.26. The summed E-state index contributed by atoms with van der Waals surface area (Å²) < 4.78 is 11.9. The van der Waals surface area contributed by atoms with Gasteiger partial charge in [-0.15, -0.1) is 0 Å². The summed E-state index contributed by atoms with van der Waals surface area (Å²) in [7, 11) is 1.69. The van der Waals surface area contributed by atoms with E-state index < -0.39 is 0 Å². The molecule has 0 radical (unpaired) electrons. The van der Waals surface area contributed by atoms with E-state index in [4.69, 9.17) is 9.47 Å². The lowest BCUT2D eigenvalue weighted by Gasteiger charge is -2.24. The Balaban J connectivity index is 1.38. The Morgan fingerprint density at radius 1 is 0.765 bits per heavy atom. The number of likely N-dealkylation sites (tertiary alicyclic amines) is 1. The Morgan fingerprint density at radius 2 is 1.50 bits per heavy atom. The summed E-state index contributed by atoms with van der Waals surface area (Å²) in [5.74, 6) is 2.56. The Hall–Kier alpha value is -3.72. The van der Waals surface area contributed by atoms with Crippen LogP contribution in [0.5, 0.6) is 17.2 Å². The van der Waals surface area contributed by atoms with Crippen LogP contribution in [0.3, 0.4) is 0 Å². The fraction of sp³-hybridized carbons (Fsp3) is 0.226. The van der Waals surface area contributed by atoms with E-state index in [0.717, 1.165) is 45.6 Å². The molecular weight excluding hydrogens is 418 g/mol. The Labute approximate surface area is 202 Å². The molecule has 1 saturated heterocycles. The predicted molar refractivity (Wildman–Crippen MR) is 141 cm³/mol. The highest BCUT2D eigenvalue weighted by Crippen LogP contribution is 2.40. The molecule has 0 aliphatic carbocycles. The number of fused-ring (bicyclic) bond motifs is 1. The molecule has 3 nitrogen and oxygen atoms in total. The van der Waals surface area contributed by atoms with Crippen molar-refractivity contribution in [2.75, 3.05) is 20.2 Å². The first-order valence-electron chi connectivity index (χ1n) is 12.1. The minimum absolute atomic E-state index is 0.842. The number of piperidine rings is 1. The summed E-state index contributed by atoms with van der Waals surface area (Å²) >= 11 is 0. The third kappa shape index (κ3) is 5.09. The first-order chi connectivity index (χ1) is 16.8. The van der Waals surface area contributed by atoms with Crippen LogP contribution in [0, 0.1) is 0 Å². The topological polar surface area (TPSA) is 21.7 Å². The van der Waals surface area contributed by atoms with Crippen LogP contribution >= 0.6 is 0 Å². The first kappa shape index (κ1) is 22.1. The highest BCUT2D eigenvalue weighted by Gasteiger charge is 2.13. The fourth-order valence-electron chi connectivity index (χ4n) is 4.57. The van der Waals surface area contributed by atoms with Gasteiger partial charge >= 0.3 is 0 Å².